The van der Waals surface area contributed by atoms with Crippen molar-refractivity contribution in [3.8, 4) is 17.2 Å². The summed E-state index contributed by atoms with van der Waals surface area (Å²) in [7, 11) is 2.89. The minimum atomic E-state index is -1.10. The van der Waals surface area contributed by atoms with Crippen molar-refractivity contribution in [2.24, 2.45) is 4.99 Å². The molecule has 14 nitrogen and oxygen atoms in total. The maximum Gasteiger partial charge on any atom is 0.338 e. The molecular weight excluding hydrogens is 628 g/mol. The second-order valence-corrected chi connectivity index (χ2v) is 10.3. The number of thiazole rings is 1. The maximum atomic E-state index is 13.8. The Hall–Kier alpha value is -4.57. The van der Waals surface area contributed by atoms with Crippen LogP contribution in [0, 0.1) is 20.2 Å². The molecule has 3 aromatic rings. The van der Waals surface area contributed by atoms with E-state index in [4.69, 9.17) is 14.2 Å². The van der Waals surface area contributed by atoms with Gasteiger partial charge in [0.2, 0.25) is 0 Å². The number of benzene rings is 2. The van der Waals surface area contributed by atoms with E-state index in [1.54, 1.807) is 26.0 Å². The molecule has 41 heavy (non-hydrogen) atoms. The van der Waals surface area contributed by atoms with E-state index in [1.807, 2.05) is 0 Å². The van der Waals surface area contributed by atoms with Gasteiger partial charge in [0, 0.05) is 16.6 Å². The molecule has 2 heterocycles. The van der Waals surface area contributed by atoms with Crippen LogP contribution in [0.5, 0.6) is 17.2 Å². The van der Waals surface area contributed by atoms with Crippen LogP contribution in [0.4, 0.5) is 11.4 Å². The van der Waals surface area contributed by atoms with E-state index in [0.29, 0.717) is 27.2 Å². The summed E-state index contributed by atoms with van der Waals surface area (Å²) in [4.78, 5) is 52.5. The molecule has 1 aliphatic heterocycles. The summed E-state index contributed by atoms with van der Waals surface area (Å²) in [6.45, 7) is 3.30. The number of fused-ring (bicyclic) bond motifs is 1. The molecule has 4 rings (SSSR count). The van der Waals surface area contributed by atoms with Crippen LogP contribution in [-0.2, 0) is 9.53 Å². The number of ether oxygens (including phenoxy) is 3. The largest absolute Gasteiger partial charge is 0.497 e. The normalized spacial score (nSPS) is 14.8. The topological polar surface area (TPSA) is 186 Å². The molecule has 0 aliphatic carbocycles. The van der Waals surface area contributed by atoms with Gasteiger partial charge in [0.1, 0.15) is 0 Å². The number of phenolic OH excluding ortho intramolecular Hbond substituents is 1. The monoisotopic (exact) mass is 648 g/mol. The summed E-state index contributed by atoms with van der Waals surface area (Å²) in [5.74, 6) is -1.08. The Kier molecular flexibility index (Phi) is 8.25. The minimum absolute atomic E-state index is 0.0116. The quantitative estimate of drug-likeness (QED) is 0.216. The first-order chi connectivity index (χ1) is 19.4. The van der Waals surface area contributed by atoms with Crippen molar-refractivity contribution in [2.75, 3.05) is 20.8 Å². The van der Waals surface area contributed by atoms with Crippen LogP contribution in [0.15, 0.2) is 49.8 Å². The predicted molar refractivity (Wildman–Crippen MR) is 149 cm³/mol. The lowest BCUT2D eigenvalue weighted by atomic mass is 9.95. The number of carbonyl (C=O) groups excluding carboxylic acids is 1. The molecule has 1 atom stereocenters. The average molecular weight is 649 g/mol. The lowest BCUT2D eigenvalue weighted by Gasteiger charge is -2.26. The van der Waals surface area contributed by atoms with E-state index < -0.39 is 44.5 Å². The van der Waals surface area contributed by atoms with Crippen LogP contribution in [-0.4, -0.2) is 46.3 Å². The first-order valence-electron chi connectivity index (χ1n) is 11.7. The molecule has 0 spiro atoms. The SMILES string of the molecule is CCOC(=O)C1=C(C)N=c2s/c(=C\c3cc([N+](=O)[O-])c(O)c([N+](=O)[O-])c3)c(=O)n2[C@H]1c1cc(OC)c(OC)cc1Br. The summed E-state index contributed by atoms with van der Waals surface area (Å²) >= 11 is 4.41. The number of allylic oxidation sites excluding steroid dienone is 1. The number of nitro groups is 2. The third-order valence-electron chi connectivity index (χ3n) is 6.10. The summed E-state index contributed by atoms with van der Waals surface area (Å²) in [6.07, 6.45) is 1.22. The van der Waals surface area contributed by atoms with Gasteiger partial charge in [0.15, 0.2) is 16.3 Å². The molecule has 1 aromatic heterocycles. The van der Waals surface area contributed by atoms with Crippen molar-refractivity contribution in [1.29, 1.82) is 0 Å². The molecule has 16 heteroatoms. The Bertz CT molecular complexity index is 1790. The van der Waals surface area contributed by atoms with Gasteiger partial charge in [-0.1, -0.05) is 27.3 Å². The van der Waals surface area contributed by atoms with Gasteiger partial charge in [-0.25, -0.2) is 9.79 Å². The van der Waals surface area contributed by atoms with Crippen LogP contribution in [0.1, 0.15) is 31.0 Å². The van der Waals surface area contributed by atoms with Crippen LogP contribution in [0.2, 0.25) is 0 Å². The molecule has 0 fully saturated rings. The standard InChI is InChI=1S/C25H21BrN4O10S/c1-5-40-24(33)20-11(2)27-25-28(21(20)13-9-17(38-3)18(39-4)10-14(13)26)23(32)19(41-25)8-12-6-15(29(34)35)22(31)16(7-12)30(36)37/h6-10,21,31H,5H2,1-4H3/b19-8-/t21-/m0/s1. The van der Waals surface area contributed by atoms with Crippen molar-refractivity contribution in [3.63, 3.8) is 0 Å². The number of esters is 1. The highest BCUT2D eigenvalue weighted by Crippen LogP contribution is 2.41. The van der Waals surface area contributed by atoms with Gasteiger partial charge >= 0.3 is 17.3 Å². The van der Waals surface area contributed by atoms with Gasteiger partial charge < -0.3 is 19.3 Å². The summed E-state index contributed by atoms with van der Waals surface area (Å²) in [5, 5.41) is 32.8. The molecular formula is C25H21BrN4O10S. The van der Waals surface area contributed by atoms with Crippen LogP contribution >= 0.6 is 27.3 Å². The van der Waals surface area contributed by atoms with Gasteiger partial charge in [0.25, 0.3) is 11.3 Å². The number of nitrogens with zero attached hydrogens (tertiary/aromatic N) is 4. The summed E-state index contributed by atoms with van der Waals surface area (Å²) in [5.41, 5.74) is -1.67. The van der Waals surface area contributed by atoms with Crippen LogP contribution in [0.25, 0.3) is 6.08 Å². The maximum absolute atomic E-state index is 13.8. The Balaban J connectivity index is 2.04. The summed E-state index contributed by atoms with van der Waals surface area (Å²) in [6, 6.07) is 4.02. The van der Waals surface area contributed by atoms with Gasteiger partial charge in [-0.3, -0.25) is 29.6 Å². The molecule has 2 aromatic carbocycles. The lowest BCUT2D eigenvalue weighted by molar-refractivity contribution is -0.396. The number of halogens is 1. The zero-order chi connectivity index (χ0) is 30.2. The highest BCUT2D eigenvalue weighted by atomic mass is 79.9. The Morgan fingerprint density at radius 3 is 2.27 bits per heavy atom. The van der Waals surface area contributed by atoms with Gasteiger partial charge in [-0.2, -0.15) is 0 Å². The average Bonchev–Trinajstić information content (AvgIpc) is 3.22. The molecule has 0 bridgehead atoms. The smallest absolute Gasteiger partial charge is 0.338 e. The number of aromatic hydroxyl groups is 1. The minimum Gasteiger partial charge on any atom is -0.497 e. The van der Waals surface area contributed by atoms with Crippen molar-refractivity contribution in [3.05, 3.63) is 91.1 Å². The second-order valence-electron chi connectivity index (χ2n) is 8.45. The zero-order valence-corrected chi connectivity index (χ0v) is 24.3. The van der Waals surface area contributed by atoms with E-state index >= 15 is 0 Å². The van der Waals surface area contributed by atoms with Gasteiger partial charge in [0.05, 0.1) is 52.5 Å². The van der Waals surface area contributed by atoms with Gasteiger partial charge in [-0.05, 0) is 43.2 Å². The number of carbonyl (C=O) groups is 1. The fourth-order valence-electron chi connectivity index (χ4n) is 4.30. The van der Waals surface area contributed by atoms with Crippen molar-refractivity contribution in [1.82, 2.24) is 4.57 Å². The molecule has 0 unspecified atom stereocenters. The highest BCUT2D eigenvalue weighted by molar-refractivity contribution is 9.10. The van der Waals surface area contributed by atoms with Crippen molar-refractivity contribution in [2.45, 2.75) is 19.9 Å². The lowest BCUT2D eigenvalue weighted by Crippen LogP contribution is -2.40. The predicted octanol–water partition coefficient (Wildman–Crippen LogP) is 3.10. The number of nitro benzene ring substituents is 2. The van der Waals surface area contributed by atoms with E-state index in [0.717, 1.165) is 23.5 Å². The Morgan fingerprint density at radius 2 is 1.73 bits per heavy atom. The Labute approximate surface area is 242 Å². The van der Waals surface area contributed by atoms with Crippen molar-refractivity contribution < 1.29 is 34.0 Å². The fourth-order valence-corrected chi connectivity index (χ4v) is 5.89. The fraction of sp³-hybridized carbons (Fsp3) is 0.240. The van der Waals surface area contributed by atoms with E-state index in [-0.39, 0.29) is 27.1 Å². The molecule has 0 amide bonds. The van der Waals surface area contributed by atoms with E-state index in [9.17, 15) is 34.9 Å². The zero-order valence-electron chi connectivity index (χ0n) is 21.9. The van der Waals surface area contributed by atoms with E-state index in [2.05, 4.69) is 20.9 Å². The van der Waals surface area contributed by atoms with Gasteiger partial charge in [-0.15, -0.1) is 0 Å². The Morgan fingerprint density at radius 1 is 1.15 bits per heavy atom. The molecule has 0 saturated carbocycles. The highest BCUT2D eigenvalue weighted by Gasteiger charge is 2.35. The summed E-state index contributed by atoms with van der Waals surface area (Å²) < 4.78 is 17.8. The number of phenols is 1. The number of methoxy groups -OCH3 is 2. The van der Waals surface area contributed by atoms with Crippen LogP contribution < -0.4 is 24.4 Å². The first-order valence-corrected chi connectivity index (χ1v) is 13.3. The molecule has 1 N–H and O–H groups in total. The first kappa shape index (κ1) is 29.4. The molecule has 0 saturated heterocycles. The third kappa shape index (κ3) is 5.30. The molecule has 0 radical (unpaired) electrons. The third-order valence-corrected chi connectivity index (χ3v) is 7.77. The van der Waals surface area contributed by atoms with E-state index in [1.165, 1.54) is 24.9 Å². The van der Waals surface area contributed by atoms with Crippen LogP contribution in [0.3, 0.4) is 0 Å². The number of hydrogen-bond acceptors (Lipinski definition) is 12. The van der Waals surface area contributed by atoms with Crippen molar-refractivity contribution >= 4 is 50.7 Å². The second kappa shape index (κ2) is 11.5. The molecule has 214 valence electrons. The molecule has 1 aliphatic rings. The number of aromatic nitrogens is 1. The number of hydrogen-bond donors (Lipinski definition) is 1. The number of rotatable bonds is 8.